The first-order valence-electron chi connectivity index (χ1n) is 6.64. The van der Waals surface area contributed by atoms with E-state index in [1.807, 2.05) is 0 Å². The first kappa shape index (κ1) is 13.4. The Morgan fingerprint density at radius 3 is 2.70 bits per heavy atom. The molecular weight excluding hydrogens is 282 g/mol. The number of piperazine rings is 1. The van der Waals surface area contributed by atoms with Crippen molar-refractivity contribution in [2.24, 2.45) is 0 Å². The van der Waals surface area contributed by atoms with Gasteiger partial charge in [-0.3, -0.25) is 0 Å². The van der Waals surface area contributed by atoms with Crippen LogP contribution in [-0.2, 0) is 13.0 Å². The van der Waals surface area contributed by atoms with Crippen LogP contribution >= 0.6 is 11.6 Å². The second kappa shape index (κ2) is 5.41. The first-order valence-corrected chi connectivity index (χ1v) is 7.02. The number of nitrogens with one attached hydrogen (secondary N) is 1. The smallest absolute Gasteiger partial charge is 0.407 e. The predicted octanol–water partition coefficient (Wildman–Crippen LogP) is 0.576. The van der Waals surface area contributed by atoms with Crippen LogP contribution in [0.1, 0.15) is 11.3 Å². The lowest BCUT2D eigenvalue weighted by Gasteiger charge is -2.35. The van der Waals surface area contributed by atoms with Gasteiger partial charge < -0.3 is 20.2 Å². The van der Waals surface area contributed by atoms with E-state index in [0.29, 0.717) is 32.7 Å². The lowest BCUT2D eigenvalue weighted by atomic mass is 10.1. The molecule has 0 unspecified atom stereocenters. The number of anilines is 1. The van der Waals surface area contributed by atoms with Gasteiger partial charge in [0.05, 0.1) is 5.69 Å². The van der Waals surface area contributed by atoms with Gasteiger partial charge >= 0.3 is 6.09 Å². The van der Waals surface area contributed by atoms with E-state index in [1.165, 1.54) is 4.90 Å². The Kier molecular flexibility index (Phi) is 3.62. The van der Waals surface area contributed by atoms with E-state index < -0.39 is 6.09 Å². The lowest BCUT2D eigenvalue weighted by molar-refractivity contribution is 0.142. The van der Waals surface area contributed by atoms with Gasteiger partial charge in [-0.1, -0.05) is 0 Å². The Morgan fingerprint density at radius 1 is 1.25 bits per heavy atom. The van der Waals surface area contributed by atoms with Crippen molar-refractivity contribution >= 4 is 23.5 Å². The molecule has 20 heavy (non-hydrogen) atoms. The van der Waals surface area contributed by atoms with Crippen molar-refractivity contribution in [3.8, 4) is 0 Å². The predicted molar refractivity (Wildman–Crippen MR) is 74.3 cm³/mol. The molecule has 1 fully saturated rings. The van der Waals surface area contributed by atoms with E-state index in [-0.39, 0.29) is 5.28 Å². The van der Waals surface area contributed by atoms with Crippen molar-refractivity contribution in [2.45, 2.75) is 13.0 Å². The van der Waals surface area contributed by atoms with Gasteiger partial charge in [-0.15, -0.1) is 0 Å². The molecule has 0 atom stereocenters. The maximum absolute atomic E-state index is 10.9. The van der Waals surface area contributed by atoms with Crippen LogP contribution in [0.25, 0.3) is 0 Å². The van der Waals surface area contributed by atoms with E-state index >= 15 is 0 Å². The van der Waals surface area contributed by atoms with E-state index in [0.717, 1.165) is 30.0 Å². The van der Waals surface area contributed by atoms with Crippen molar-refractivity contribution in [3.05, 3.63) is 16.5 Å². The Balaban J connectivity index is 1.84. The molecule has 0 spiro atoms. The average molecular weight is 298 g/mol. The molecule has 0 bridgehead atoms. The Labute approximate surface area is 121 Å². The van der Waals surface area contributed by atoms with E-state index in [4.69, 9.17) is 16.7 Å². The summed E-state index contributed by atoms with van der Waals surface area (Å²) < 4.78 is 0. The van der Waals surface area contributed by atoms with Crippen LogP contribution in [0.3, 0.4) is 0 Å². The summed E-state index contributed by atoms with van der Waals surface area (Å²) >= 11 is 6.00. The number of rotatable bonds is 1. The van der Waals surface area contributed by atoms with Crippen LogP contribution in [0.4, 0.5) is 10.6 Å². The van der Waals surface area contributed by atoms with Gasteiger partial charge in [-0.25, -0.2) is 14.8 Å². The van der Waals surface area contributed by atoms with Crippen LogP contribution in [0.15, 0.2) is 0 Å². The molecule has 1 saturated heterocycles. The third kappa shape index (κ3) is 2.51. The summed E-state index contributed by atoms with van der Waals surface area (Å²) in [5, 5.41) is 12.5. The molecule has 3 heterocycles. The van der Waals surface area contributed by atoms with E-state index in [9.17, 15) is 4.79 Å². The highest BCUT2D eigenvalue weighted by Crippen LogP contribution is 2.26. The largest absolute Gasteiger partial charge is 0.465 e. The monoisotopic (exact) mass is 297 g/mol. The van der Waals surface area contributed by atoms with Crippen LogP contribution in [0.2, 0.25) is 5.28 Å². The summed E-state index contributed by atoms with van der Waals surface area (Å²) in [5.41, 5.74) is 2.09. The molecule has 1 amide bonds. The fourth-order valence-electron chi connectivity index (χ4n) is 2.68. The molecule has 0 aliphatic carbocycles. The molecule has 0 radical (unpaired) electrons. The molecule has 0 saturated carbocycles. The topological polar surface area (TPSA) is 81.6 Å². The summed E-state index contributed by atoms with van der Waals surface area (Å²) in [4.78, 5) is 23.1. The summed E-state index contributed by atoms with van der Waals surface area (Å²) in [7, 11) is 0. The molecule has 1 aromatic rings. The molecule has 2 N–H and O–H groups in total. The minimum absolute atomic E-state index is 0.253. The maximum atomic E-state index is 10.9. The average Bonchev–Trinajstić information content (AvgIpc) is 2.46. The third-order valence-electron chi connectivity index (χ3n) is 3.74. The van der Waals surface area contributed by atoms with E-state index in [2.05, 4.69) is 20.2 Å². The Bertz CT molecular complexity index is 531. The third-order valence-corrected chi connectivity index (χ3v) is 3.91. The number of hydrogen-bond acceptors (Lipinski definition) is 5. The Morgan fingerprint density at radius 2 is 2.00 bits per heavy atom. The summed E-state index contributed by atoms with van der Waals surface area (Å²) in [5.74, 6) is 0.867. The van der Waals surface area contributed by atoms with Gasteiger partial charge in [0.25, 0.3) is 0 Å². The number of carbonyl (C=O) groups is 1. The molecule has 0 aromatic carbocycles. The van der Waals surface area contributed by atoms with Crippen molar-refractivity contribution < 1.29 is 9.90 Å². The van der Waals surface area contributed by atoms with Gasteiger partial charge in [-0.05, 0) is 24.6 Å². The Hall–Kier alpha value is -1.60. The molecule has 2 aliphatic heterocycles. The van der Waals surface area contributed by atoms with Crippen LogP contribution < -0.4 is 10.2 Å². The molecule has 8 heteroatoms. The zero-order chi connectivity index (χ0) is 14.1. The molecule has 7 nitrogen and oxygen atoms in total. The number of halogens is 1. The number of hydrogen-bond donors (Lipinski definition) is 2. The highest BCUT2D eigenvalue weighted by Gasteiger charge is 2.25. The minimum Gasteiger partial charge on any atom is -0.465 e. The highest BCUT2D eigenvalue weighted by atomic mass is 35.5. The number of aromatic nitrogens is 2. The molecule has 3 rings (SSSR count). The van der Waals surface area contributed by atoms with Crippen molar-refractivity contribution in [3.63, 3.8) is 0 Å². The molecule has 2 aliphatic rings. The zero-order valence-electron chi connectivity index (χ0n) is 11.0. The normalized spacial score (nSPS) is 18.9. The van der Waals surface area contributed by atoms with Gasteiger partial charge in [0.2, 0.25) is 5.28 Å². The number of carboxylic acid groups (broad SMARTS) is 1. The second-order valence-corrected chi connectivity index (χ2v) is 5.26. The minimum atomic E-state index is -0.864. The summed E-state index contributed by atoms with van der Waals surface area (Å²) in [6, 6.07) is 0. The standard InChI is InChI=1S/C12H16ClN5O2/c13-11-15-9-7-14-2-1-8(9)10(16-11)17-3-5-18(6-4-17)12(19)20/h14H,1-7H2,(H,19,20). The van der Waals surface area contributed by atoms with Crippen molar-refractivity contribution in [1.29, 1.82) is 0 Å². The summed E-state index contributed by atoms with van der Waals surface area (Å²) in [6.45, 7) is 3.87. The van der Waals surface area contributed by atoms with Crippen LogP contribution in [0, 0.1) is 0 Å². The van der Waals surface area contributed by atoms with Crippen LogP contribution in [-0.4, -0.2) is 58.8 Å². The van der Waals surface area contributed by atoms with Gasteiger partial charge in [0.1, 0.15) is 5.82 Å². The number of fused-ring (bicyclic) bond motifs is 1. The van der Waals surface area contributed by atoms with E-state index in [1.54, 1.807) is 0 Å². The zero-order valence-corrected chi connectivity index (χ0v) is 11.7. The van der Waals surface area contributed by atoms with Gasteiger partial charge in [-0.2, -0.15) is 0 Å². The quantitative estimate of drug-likeness (QED) is 0.738. The number of nitrogens with zero attached hydrogens (tertiary/aromatic N) is 4. The van der Waals surface area contributed by atoms with Crippen molar-refractivity contribution in [1.82, 2.24) is 20.2 Å². The highest BCUT2D eigenvalue weighted by molar-refractivity contribution is 6.28. The number of amides is 1. The lowest BCUT2D eigenvalue weighted by Crippen LogP contribution is -2.49. The fraction of sp³-hybridized carbons (Fsp3) is 0.583. The van der Waals surface area contributed by atoms with Gasteiger partial charge in [0.15, 0.2) is 0 Å². The molecule has 108 valence electrons. The SMILES string of the molecule is O=C(O)N1CCN(c2nc(Cl)nc3c2CCNC3)CC1. The first-order chi connectivity index (χ1) is 9.65. The molecular formula is C12H16ClN5O2. The molecule has 1 aromatic heterocycles. The van der Waals surface area contributed by atoms with Crippen LogP contribution in [0.5, 0.6) is 0 Å². The van der Waals surface area contributed by atoms with Crippen molar-refractivity contribution in [2.75, 3.05) is 37.6 Å². The van der Waals surface area contributed by atoms with Gasteiger partial charge in [0, 0.05) is 38.3 Å². The fourth-order valence-corrected chi connectivity index (χ4v) is 2.86. The summed E-state index contributed by atoms with van der Waals surface area (Å²) in [6.07, 6.45) is 0.0117. The second-order valence-electron chi connectivity index (χ2n) is 4.92. The maximum Gasteiger partial charge on any atom is 0.407 e.